The van der Waals surface area contributed by atoms with Crippen molar-refractivity contribution in [3.63, 3.8) is 0 Å². The first-order chi connectivity index (χ1) is 6.42. The number of hydrogen-bond acceptors (Lipinski definition) is 3. The molecule has 0 atom stereocenters. The molecule has 0 aliphatic heterocycles. The van der Waals surface area contributed by atoms with Crippen LogP contribution in [0.3, 0.4) is 0 Å². The van der Waals surface area contributed by atoms with E-state index < -0.39 is 0 Å². The smallest absolute Gasteiger partial charge is 0.227 e. The predicted octanol–water partition coefficient (Wildman–Crippen LogP) is 1.01. The maximum Gasteiger partial charge on any atom is 0.227 e. The molecule has 0 N–H and O–H groups in total. The van der Waals surface area contributed by atoms with E-state index in [1.807, 2.05) is 24.3 Å². The summed E-state index contributed by atoms with van der Waals surface area (Å²) < 4.78 is 1.53. The van der Waals surface area contributed by atoms with Crippen LogP contribution < -0.4 is 0 Å². The Balaban J connectivity index is 2.57. The summed E-state index contributed by atoms with van der Waals surface area (Å²) in [7, 11) is 0. The molecule has 2 aromatic rings. The van der Waals surface area contributed by atoms with Crippen LogP contribution in [-0.2, 0) is 4.79 Å². The van der Waals surface area contributed by atoms with E-state index in [9.17, 15) is 4.79 Å². The first-order valence-corrected chi connectivity index (χ1v) is 3.76. The lowest BCUT2D eigenvalue weighted by molar-refractivity contribution is 0.564. The van der Waals surface area contributed by atoms with Crippen LogP contribution in [0.2, 0.25) is 0 Å². The lowest BCUT2D eigenvalue weighted by atomic mass is 10.3. The van der Waals surface area contributed by atoms with Gasteiger partial charge in [-0.3, -0.25) is 4.79 Å². The van der Waals surface area contributed by atoms with Crippen molar-refractivity contribution in [2.45, 2.75) is 0 Å². The highest BCUT2D eigenvalue weighted by Crippen LogP contribution is 2.09. The number of para-hydroxylation sites is 1. The minimum absolute atomic E-state index is 0.804. The van der Waals surface area contributed by atoms with Crippen LogP contribution in [0.5, 0.6) is 0 Å². The Bertz CT molecular complexity index is 459. The van der Waals surface area contributed by atoms with E-state index in [1.54, 1.807) is 6.29 Å². The summed E-state index contributed by atoms with van der Waals surface area (Å²) in [6.45, 7) is 0. The second-order valence-corrected chi connectivity index (χ2v) is 2.46. The van der Waals surface area contributed by atoms with Crippen LogP contribution in [0.1, 0.15) is 0 Å². The van der Waals surface area contributed by atoms with Gasteiger partial charge in [0.25, 0.3) is 0 Å². The van der Waals surface area contributed by atoms with Crippen molar-refractivity contribution >= 4 is 23.5 Å². The van der Waals surface area contributed by atoms with E-state index in [0.717, 1.165) is 11.0 Å². The average Bonchev–Trinajstić information content (AvgIpc) is 2.58. The van der Waals surface area contributed by atoms with Crippen molar-refractivity contribution in [2.24, 2.45) is 0 Å². The van der Waals surface area contributed by atoms with Gasteiger partial charge in [-0.15, -0.1) is 5.10 Å². The molecule has 4 heteroatoms. The topological polar surface area (TPSA) is 47.8 Å². The Morgan fingerprint density at radius 1 is 1.38 bits per heavy atom. The van der Waals surface area contributed by atoms with Gasteiger partial charge in [-0.1, -0.05) is 17.3 Å². The van der Waals surface area contributed by atoms with Crippen LogP contribution in [0.4, 0.5) is 0 Å². The van der Waals surface area contributed by atoms with E-state index in [0.29, 0.717) is 0 Å². The molecule has 0 saturated carbocycles. The monoisotopic (exact) mass is 172 g/mol. The molecule has 0 saturated heterocycles. The Morgan fingerprint density at radius 3 is 3.08 bits per heavy atom. The number of nitrogens with zero attached hydrogens (tertiary/aromatic N) is 3. The molecule has 0 aliphatic carbocycles. The van der Waals surface area contributed by atoms with E-state index in [-0.39, 0.29) is 0 Å². The summed E-state index contributed by atoms with van der Waals surface area (Å²) in [5.41, 5.74) is 1.67. The number of fused-ring (bicyclic) bond motifs is 1. The Morgan fingerprint density at radius 2 is 2.23 bits per heavy atom. The molecule has 2 rings (SSSR count). The average molecular weight is 172 g/mol. The number of carbonyl (C=O) groups excluding carboxylic acids is 1. The largest absolute Gasteiger partial charge is 0.286 e. The first-order valence-electron chi connectivity index (χ1n) is 3.76. The number of rotatable bonds is 2. The maximum absolute atomic E-state index is 9.96. The molecule has 1 radical (unpaired) electrons. The number of allylic oxidation sites excluding steroid dienone is 1. The van der Waals surface area contributed by atoms with E-state index in [2.05, 4.69) is 10.3 Å². The van der Waals surface area contributed by atoms with Crippen molar-refractivity contribution < 1.29 is 4.79 Å². The number of benzene rings is 1. The van der Waals surface area contributed by atoms with Gasteiger partial charge in [-0.2, -0.15) is 0 Å². The minimum atomic E-state index is 0.804. The van der Waals surface area contributed by atoms with Crippen LogP contribution in [0.25, 0.3) is 17.2 Å². The fourth-order valence-electron chi connectivity index (χ4n) is 1.10. The molecule has 1 aromatic carbocycles. The lowest BCUT2D eigenvalue weighted by Gasteiger charge is -1.89. The Kier molecular flexibility index (Phi) is 1.88. The van der Waals surface area contributed by atoms with Gasteiger partial charge in [0.05, 0.1) is 5.52 Å². The summed E-state index contributed by atoms with van der Waals surface area (Å²) >= 11 is 0. The quantitative estimate of drug-likeness (QED) is 0.635. The highest BCUT2D eigenvalue weighted by Gasteiger charge is 1.98. The van der Waals surface area contributed by atoms with Gasteiger partial charge in [0.1, 0.15) is 5.52 Å². The van der Waals surface area contributed by atoms with Crippen LogP contribution >= 0.6 is 0 Å². The van der Waals surface area contributed by atoms with Crippen molar-refractivity contribution in [3.8, 4) is 0 Å². The van der Waals surface area contributed by atoms with Gasteiger partial charge in [-0.25, -0.2) is 4.68 Å². The third kappa shape index (κ3) is 1.33. The molecular formula is C9H6N3O. The molecule has 0 fully saturated rings. The van der Waals surface area contributed by atoms with E-state index in [1.165, 1.54) is 17.0 Å². The Hall–Kier alpha value is -1.97. The normalized spacial score (nSPS) is 11.1. The molecule has 0 unspecified atom stereocenters. The predicted molar refractivity (Wildman–Crippen MR) is 48.6 cm³/mol. The molecule has 0 spiro atoms. The molecule has 0 amide bonds. The molecule has 13 heavy (non-hydrogen) atoms. The number of hydrogen-bond donors (Lipinski definition) is 0. The van der Waals surface area contributed by atoms with E-state index >= 15 is 0 Å². The zero-order valence-electron chi connectivity index (χ0n) is 6.71. The van der Waals surface area contributed by atoms with Gasteiger partial charge >= 0.3 is 0 Å². The van der Waals surface area contributed by atoms with Crippen molar-refractivity contribution in [3.05, 3.63) is 30.3 Å². The van der Waals surface area contributed by atoms with Crippen LogP contribution in [0, 0.1) is 0 Å². The van der Waals surface area contributed by atoms with Gasteiger partial charge in [0.2, 0.25) is 6.29 Å². The zero-order chi connectivity index (χ0) is 9.10. The van der Waals surface area contributed by atoms with Gasteiger partial charge in [0, 0.05) is 12.3 Å². The fraction of sp³-hybridized carbons (Fsp3) is 0. The SMILES string of the molecule is O=[C]C=Cn1nnc2ccccc21. The zero-order valence-corrected chi connectivity index (χ0v) is 6.71. The maximum atomic E-state index is 9.96. The lowest BCUT2D eigenvalue weighted by Crippen LogP contribution is -1.88. The highest BCUT2D eigenvalue weighted by molar-refractivity contribution is 5.78. The van der Waals surface area contributed by atoms with Crippen molar-refractivity contribution in [2.75, 3.05) is 0 Å². The van der Waals surface area contributed by atoms with Gasteiger partial charge < -0.3 is 0 Å². The van der Waals surface area contributed by atoms with Gasteiger partial charge in [0.15, 0.2) is 0 Å². The summed E-state index contributed by atoms with van der Waals surface area (Å²) in [4.78, 5) is 9.96. The molecular weight excluding hydrogens is 166 g/mol. The van der Waals surface area contributed by atoms with Gasteiger partial charge in [-0.05, 0) is 12.1 Å². The molecule has 0 aliphatic rings. The third-order valence-corrected chi connectivity index (χ3v) is 1.66. The second kappa shape index (κ2) is 3.18. The van der Waals surface area contributed by atoms with Crippen molar-refractivity contribution in [1.29, 1.82) is 0 Å². The Labute approximate surface area is 74.5 Å². The van der Waals surface area contributed by atoms with Crippen LogP contribution in [0.15, 0.2) is 30.3 Å². The highest BCUT2D eigenvalue weighted by atomic mass is 16.1. The number of aromatic nitrogens is 3. The van der Waals surface area contributed by atoms with Crippen molar-refractivity contribution in [1.82, 2.24) is 15.0 Å². The van der Waals surface area contributed by atoms with E-state index in [4.69, 9.17) is 0 Å². The molecule has 63 valence electrons. The summed E-state index contributed by atoms with van der Waals surface area (Å²) in [5, 5.41) is 7.74. The molecule has 1 heterocycles. The third-order valence-electron chi connectivity index (χ3n) is 1.66. The summed E-state index contributed by atoms with van der Waals surface area (Å²) in [6, 6.07) is 7.51. The minimum Gasteiger partial charge on any atom is -0.286 e. The first kappa shape index (κ1) is 7.67. The molecule has 0 bridgehead atoms. The van der Waals surface area contributed by atoms with Crippen LogP contribution in [-0.4, -0.2) is 21.3 Å². The summed E-state index contributed by atoms with van der Waals surface area (Å²) in [6.07, 6.45) is 4.42. The summed E-state index contributed by atoms with van der Waals surface area (Å²) in [5.74, 6) is 0. The standard InChI is InChI=1S/C9H6N3O/c13-7-3-6-12-9-5-2-1-4-8(9)10-11-12/h1-6H. The fourth-order valence-corrected chi connectivity index (χ4v) is 1.10. The molecule has 1 aromatic heterocycles. The second-order valence-electron chi connectivity index (χ2n) is 2.46. The molecule has 4 nitrogen and oxygen atoms in total.